The van der Waals surface area contributed by atoms with Crippen molar-refractivity contribution in [3.8, 4) is 0 Å². The molecule has 17 heavy (non-hydrogen) atoms. The Hall–Kier alpha value is 1.68. The molecule has 0 aromatic carbocycles. The van der Waals surface area contributed by atoms with E-state index in [0.717, 1.165) is 36.3 Å². The molecule has 0 aromatic heterocycles. The van der Waals surface area contributed by atoms with Crippen LogP contribution in [0.25, 0.3) is 0 Å². The fraction of sp³-hybridized carbons (Fsp3) is 1.00. The van der Waals surface area contributed by atoms with Crippen molar-refractivity contribution in [3.05, 3.63) is 0 Å². The van der Waals surface area contributed by atoms with Gasteiger partial charge in [0, 0.05) is 0 Å². The Balaban J connectivity index is 3.91. The van der Waals surface area contributed by atoms with Gasteiger partial charge >= 0.3 is 128 Å². The van der Waals surface area contributed by atoms with Gasteiger partial charge in [0.25, 0.3) is 0 Å². The summed E-state index contributed by atoms with van der Waals surface area (Å²) in [6, 6.07) is 0. The third-order valence-electron chi connectivity index (χ3n) is 2.59. The Bertz CT molecular complexity index is 169. The summed E-state index contributed by atoms with van der Waals surface area (Å²) in [6.07, 6.45) is 6.65. The van der Waals surface area contributed by atoms with Gasteiger partial charge in [0.1, 0.15) is 0 Å². The molecule has 0 saturated heterocycles. The second kappa shape index (κ2) is 10.5. The Morgan fingerprint density at radius 3 is 1.47 bits per heavy atom. The van der Waals surface area contributed by atoms with Gasteiger partial charge in [-0.3, -0.25) is 0 Å². The molecule has 0 bridgehead atoms. The molecule has 0 rings (SSSR count). The molecule has 0 nitrogen and oxygen atoms in total. The zero-order valence-corrected chi connectivity index (χ0v) is 15.5. The molecule has 0 amide bonds. The molecule has 0 aromatic rings. The van der Waals surface area contributed by atoms with E-state index in [4.69, 9.17) is 43.4 Å². The minimum absolute atomic E-state index is 0.125. The van der Waals surface area contributed by atoms with Gasteiger partial charge in [0.15, 0.2) is 0 Å². The predicted octanol–water partition coefficient (Wildman–Crippen LogP) is 6.50. The summed E-state index contributed by atoms with van der Waals surface area (Å²) in [5.74, 6) is 0. The quantitative estimate of drug-likeness (QED) is 0.296. The topological polar surface area (TPSA) is 0 Å². The van der Waals surface area contributed by atoms with Crippen molar-refractivity contribution >= 4 is 54.4 Å². The summed E-state index contributed by atoms with van der Waals surface area (Å²) in [7, 11) is 12.9. The molecule has 2 atom stereocenters. The number of halogens is 4. The monoisotopic (exact) mass is 388 g/mol. The van der Waals surface area contributed by atoms with Crippen molar-refractivity contribution in [2.75, 3.05) is 0 Å². The Morgan fingerprint density at radius 2 is 1.18 bits per heavy atom. The molecule has 0 aliphatic carbocycles. The summed E-state index contributed by atoms with van der Waals surface area (Å²) in [4.78, 5) is 0. The number of unbranched alkanes of at least 4 members (excludes halogenated alkanes) is 2. The summed E-state index contributed by atoms with van der Waals surface area (Å²) >= 11 is 10.1. The SMILES string of the molecule is CCCCC(Cl)C[Se](Cl)(Cl)CC(Cl)CCCC. The molecular formula is C12H24Cl4Se. The molecule has 106 valence electrons. The first-order valence-electron chi connectivity index (χ1n) is 6.37. The van der Waals surface area contributed by atoms with Gasteiger partial charge in [-0.05, 0) is 0 Å². The van der Waals surface area contributed by atoms with Gasteiger partial charge < -0.3 is 0 Å². The number of hydrogen-bond acceptors (Lipinski definition) is 0. The van der Waals surface area contributed by atoms with Crippen LogP contribution < -0.4 is 0 Å². The van der Waals surface area contributed by atoms with Crippen LogP contribution in [0.3, 0.4) is 0 Å². The van der Waals surface area contributed by atoms with Crippen LogP contribution >= 0.6 is 43.4 Å². The summed E-state index contributed by atoms with van der Waals surface area (Å²) in [5.41, 5.74) is 0. The van der Waals surface area contributed by atoms with E-state index < -0.39 is 11.0 Å². The van der Waals surface area contributed by atoms with Crippen molar-refractivity contribution < 1.29 is 0 Å². The first kappa shape index (κ1) is 18.7. The van der Waals surface area contributed by atoms with Crippen LogP contribution in [0.5, 0.6) is 0 Å². The molecule has 0 N–H and O–H groups in total. The predicted molar refractivity (Wildman–Crippen MR) is 85.4 cm³/mol. The number of alkyl halides is 2. The molecular weight excluding hydrogens is 365 g/mol. The van der Waals surface area contributed by atoms with Gasteiger partial charge in [-0.25, -0.2) is 0 Å². The average molecular weight is 389 g/mol. The van der Waals surface area contributed by atoms with Gasteiger partial charge in [0.2, 0.25) is 0 Å². The Morgan fingerprint density at radius 1 is 0.824 bits per heavy atom. The number of rotatable bonds is 10. The van der Waals surface area contributed by atoms with Crippen molar-refractivity contribution in [2.24, 2.45) is 0 Å². The van der Waals surface area contributed by atoms with E-state index in [0.29, 0.717) is 0 Å². The van der Waals surface area contributed by atoms with Gasteiger partial charge in [-0.1, -0.05) is 0 Å². The number of hydrogen-bond donors (Lipinski definition) is 0. The molecule has 2 unspecified atom stereocenters. The van der Waals surface area contributed by atoms with E-state index in [1.54, 1.807) is 0 Å². The van der Waals surface area contributed by atoms with Crippen LogP contribution in [0.2, 0.25) is 10.6 Å². The zero-order valence-electron chi connectivity index (χ0n) is 10.7. The van der Waals surface area contributed by atoms with Crippen LogP contribution in [-0.2, 0) is 0 Å². The second-order valence-electron chi connectivity index (χ2n) is 4.51. The van der Waals surface area contributed by atoms with Gasteiger partial charge in [0.05, 0.1) is 0 Å². The summed E-state index contributed by atoms with van der Waals surface area (Å²) in [6.45, 7) is 4.33. The first-order chi connectivity index (χ1) is 7.91. The molecule has 0 saturated carbocycles. The van der Waals surface area contributed by atoms with E-state index >= 15 is 0 Å². The van der Waals surface area contributed by atoms with E-state index in [1.165, 1.54) is 12.8 Å². The van der Waals surface area contributed by atoms with E-state index in [-0.39, 0.29) is 10.8 Å². The van der Waals surface area contributed by atoms with E-state index in [2.05, 4.69) is 13.8 Å². The van der Waals surface area contributed by atoms with Crippen molar-refractivity contribution in [1.29, 1.82) is 0 Å². The van der Waals surface area contributed by atoms with Crippen LogP contribution in [0, 0.1) is 0 Å². The minimum atomic E-state index is -2.43. The zero-order chi connectivity index (χ0) is 13.3. The van der Waals surface area contributed by atoms with Gasteiger partial charge in [-0.15, -0.1) is 0 Å². The van der Waals surface area contributed by atoms with Crippen molar-refractivity contribution in [3.63, 3.8) is 0 Å². The molecule has 0 spiro atoms. The van der Waals surface area contributed by atoms with Gasteiger partial charge in [-0.2, -0.15) is 0 Å². The maximum absolute atomic E-state index is 6.44. The molecule has 0 aliphatic rings. The third kappa shape index (κ3) is 11.2. The molecule has 0 aliphatic heterocycles. The third-order valence-corrected chi connectivity index (χ3v) is 10.5. The normalized spacial score (nSPS) is 16.8. The van der Waals surface area contributed by atoms with Crippen LogP contribution in [-0.4, -0.2) is 21.8 Å². The molecule has 5 heteroatoms. The van der Waals surface area contributed by atoms with Crippen molar-refractivity contribution in [2.45, 2.75) is 73.8 Å². The van der Waals surface area contributed by atoms with Crippen LogP contribution in [0.15, 0.2) is 0 Å². The molecule has 0 radical (unpaired) electrons. The maximum atomic E-state index is 6.44. The molecule has 0 heterocycles. The van der Waals surface area contributed by atoms with Crippen LogP contribution in [0.4, 0.5) is 0 Å². The summed E-state index contributed by atoms with van der Waals surface area (Å²) < 4.78 is 0. The Labute approximate surface area is 127 Å². The van der Waals surface area contributed by atoms with E-state index in [1.807, 2.05) is 0 Å². The summed E-state index contributed by atoms with van der Waals surface area (Å²) in [5, 5.41) is 1.80. The standard InChI is InChI=1S/C12H24Cl4Se/c1-3-5-7-11(13)9-17(15,16)10-12(14)8-6-4-2/h11-12H,3-10H2,1-2H3. The molecule has 0 fully saturated rings. The fourth-order valence-electron chi connectivity index (χ4n) is 1.62. The van der Waals surface area contributed by atoms with E-state index in [9.17, 15) is 0 Å². The average Bonchev–Trinajstić information content (AvgIpc) is 2.22. The van der Waals surface area contributed by atoms with Crippen molar-refractivity contribution in [1.82, 2.24) is 0 Å². The van der Waals surface area contributed by atoms with Crippen LogP contribution in [0.1, 0.15) is 52.4 Å². The second-order valence-corrected chi connectivity index (χ2v) is 17.0. The fourth-order valence-corrected chi connectivity index (χ4v) is 11.9. The Kier molecular flexibility index (Phi) is 11.5. The first-order valence-corrected chi connectivity index (χ1v) is 14.2.